The molecule has 2 aromatic carbocycles. The summed E-state index contributed by atoms with van der Waals surface area (Å²) in [5.74, 6) is -1.59. The molecule has 1 saturated heterocycles. The maximum atomic E-state index is 13.6. The normalized spacial score (nSPS) is 16.1. The van der Waals surface area contributed by atoms with Gasteiger partial charge in [-0.05, 0) is 42.3 Å². The number of rotatable bonds is 6. The molecule has 1 atom stereocenters. The second kappa shape index (κ2) is 8.65. The third-order valence-corrected chi connectivity index (χ3v) is 4.75. The molecule has 3 rings (SSSR count). The molecule has 0 spiro atoms. The van der Waals surface area contributed by atoms with E-state index >= 15 is 0 Å². The lowest BCUT2D eigenvalue weighted by atomic mass is 10.1. The number of hydrogen-bond acceptors (Lipinski definition) is 4. The molecule has 28 heavy (non-hydrogen) atoms. The predicted octanol–water partition coefficient (Wildman–Crippen LogP) is 2.32. The van der Waals surface area contributed by atoms with Crippen molar-refractivity contribution in [3.63, 3.8) is 0 Å². The molecule has 0 bridgehead atoms. The summed E-state index contributed by atoms with van der Waals surface area (Å²) in [6.45, 7) is 0.570. The topological polar surface area (TPSA) is 75.7 Å². The summed E-state index contributed by atoms with van der Waals surface area (Å²) in [6, 6.07) is 12.9. The summed E-state index contributed by atoms with van der Waals surface area (Å²) in [7, 11) is 1.30. The summed E-state index contributed by atoms with van der Waals surface area (Å²) in [4.78, 5) is 37.7. The van der Waals surface area contributed by atoms with E-state index in [1.807, 2.05) is 0 Å². The highest BCUT2D eigenvalue weighted by Gasteiger charge is 2.35. The molecule has 2 aromatic rings. The molecule has 1 aliphatic rings. The quantitative estimate of drug-likeness (QED) is 0.776. The molecule has 146 valence electrons. The fourth-order valence-corrected chi connectivity index (χ4v) is 3.19. The number of anilines is 1. The minimum atomic E-state index is -0.464. The monoisotopic (exact) mass is 384 g/mol. The van der Waals surface area contributed by atoms with Crippen molar-refractivity contribution >= 4 is 23.5 Å². The average Bonchev–Trinajstić information content (AvgIpc) is 3.10. The van der Waals surface area contributed by atoms with Crippen molar-refractivity contribution in [2.24, 2.45) is 5.92 Å². The van der Waals surface area contributed by atoms with Crippen LogP contribution in [0.15, 0.2) is 48.5 Å². The van der Waals surface area contributed by atoms with Crippen molar-refractivity contribution in [3.05, 3.63) is 65.5 Å². The Balaban J connectivity index is 1.55. The van der Waals surface area contributed by atoms with E-state index in [2.05, 4.69) is 10.1 Å². The molecule has 0 aliphatic carbocycles. The fourth-order valence-electron chi connectivity index (χ4n) is 3.19. The maximum absolute atomic E-state index is 13.6. The van der Waals surface area contributed by atoms with Gasteiger partial charge in [-0.15, -0.1) is 0 Å². The molecule has 7 heteroatoms. The van der Waals surface area contributed by atoms with E-state index in [4.69, 9.17) is 0 Å². The molecular formula is C21H21FN2O4. The van der Waals surface area contributed by atoms with Crippen LogP contribution >= 0.6 is 0 Å². The van der Waals surface area contributed by atoms with Gasteiger partial charge in [0.15, 0.2) is 0 Å². The van der Waals surface area contributed by atoms with E-state index in [0.29, 0.717) is 29.8 Å². The molecule has 0 aromatic heterocycles. The van der Waals surface area contributed by atoms with E-state index < -0.39 is 11.9 Å². The SMILES string of the molecule is COC(=O)c1ccc(N2CC(C(=O)NCCc3ccccc3F)CC2=O)cc1. The Labute approximate surface area is 162 Å². The number of benzene rings is 2. The second-order valence-corrected chi connectivity index (χ2v) is 6.58. The number of hydrogen-bond donors (Lipinski definition) is 1. The Morgan fingerprint density at radius 3 is 2.57 bits per heavy atom. The third kappa shape index (κ3) is 4.36. The van der Waals surface area contributed by atoms with Crippen LogP contribution in [0.5, 0.6) is 0 Å². The highest BCUT2D eigenvalue weighted by molar-refractivity contribution is 6.00. The maximum Gasteiger partial charge on any atom is 0.337 e. The largest absolute Gasteiger partial charge is 0.465 e. The van der Waals surface area contributed by atoms with Gasteiger partial charge in [-0.25, -0.2) is 9.18 Å². The number of methoxy groups -OCH3 is 1. The van der Waals surface area contributed by atoms with Crippen LogP contribution in [-0.4, -0.2) is 38.0 Å². The van der Waals surface area contributed by atoms with Crippen LogP contribution < -0.4 is 10.2 Å². The Morgan fingerprint density at radius 2 is 1.89 bits per heavy atom. The molecule has 0 saturated carbocycles. The van der Waals surface area contributed by atoms with E-state index in [-0.39, 0.29) is 30.6 Å². The first-order valence-corrected chi connectivity index (χ1v) is 8.99. The van der Waals surface area contributed by atoms with Gasteiger partial charge in [0.2, 0.25) is 11.8 Å². The molecule has 1 unspecified atom stereocenters. The van der Waals surface area contributed by atoms with Crippen molar-refractivity contribution in [1.82, 2.24) is 5.32 Å². The summed E-state index contributed by atoms with van der Waals surface area (Å²) in [5, 5.41) is 2.78. The lowest BCUT2D eigenvalue weighted by Gasteiger charge is -2.17. The standard InChI is InChI=1S/C21H21FN2O4/c1-28-21(27)15-6-8-17(9-7-15)24-13-16(12-19(24)25)20(26)23-11-10-14-4-2-3-5-18(14)22/h2-9,16H,10-13H2,1H3,(H,23,26). The first-order valence-electron chi connectivity index (χ1n) is 8.99. The molecule has 1 N–H and O–H groups in total. The highest BCUT2D eigenvalue weighted by Crippen LogP contribution is 2.25. The fraction of sp³-hybridized carbons (Fsp3) is 0.286. The number of carbonyl (C=O) groups is 3. The van der Waals surface area contributed by atoms with Crippen LogP contribution in [0.1, 0.15) is 22.3 Å². The minimum absolute atomic E-state index is 0.115. The summed E-state index contributed by atoms with van der Waals surface area (Å²) in [6.07, 6.45) is 0.502. The van der Waals surface area contributed by atoms with E-state index in [1.165, 1.54) is 18.1 Å². The van der Waals surface area contributed by atoms with Crippen LogP contribution in [0.4, 0.5) is 10.1 Å². The Kier molecular flexibility index (Phi) is 6.03. The lowest BCUT2D eigenvalue weighted by Crippen LogP contribution is -2.34. The van der Waals surface area contributed by atoms with Crippen molar-refractivity contribution in [1.29, 1.82) is 0 Å². The molecular weight excluding hydrogens is 363 g/mol. The van der Waals surface area contributed by atoms with Gasteiger partial charge in [-0.1, -0.05) is 18.2 Å². The number of amides is 2. The van der Waals surface area contributed by atoms with Gasteiger partial charge in [0.05, 0.1) is 18.6 Å². The number of carbonyl (C=O) groups excluding carboxylic acids is 3. The van der Waals surface area contributed by atoms with Crippen molar-refractivity contribution in [3.8, 4) is 0 Å². The molecule has 0 radical (unpaired) electrons. The predicted molar refractivity (Wildman–Crippen MR) is 101 cm³/mol. The van der Waals surface area contributed by atoms with Gasteiger partial charge >= 0.3 is 5.97 Å². The number of ether oxygens (including phenoxy) is 1. The minimum Gasteiger partial charge on any atom is -0.465 e. The van der Waals surface area contributed by atoms with Crippen molar-refractivity contribution in [2.45, 2.75) is 12.8 Å². The summed E-state index contributed by atoms with van der Waals surface area (Å²) < 4.78 is 18.3. The smallest absolute Gasteiger partial charge is 0.337 e. The molecule has 1 fully saturated rings. The molecule has 6 nitrogen and oxygen atoms in total. The number of halogens is 1. The van der Waals surface area contributed by atoms with Crippen LogP contribution in [0.3, 0.4) is 0 Å². The van der Waals surface area contributed by atoms with Crippen LogP contribution in [0.2, 0.25) is 0 Å². The van der Waals surface area contributed by atoms with Gasteiger partial charge in [0.1, 0.15) is 5.82 Å². The Morgan fingerprint density at radius 1 is 1.18 bits per heavy atom. The first kappa shape index (κ1) is 19.5. The second-order valence-electron chi connectivity index (χ2n) is 6.58. The third-order valence-electron chi connectivity index (χ3n) is 4.75. The van der Waals surface area contributed by atoms with Crippen LogP contribution in [-0.2, 0) is 20.7 Å². The summed E-state index contributed by atoms with van der Waals surface area (Å²) >= 11 is 0. The van der Waals surface area contributed by atoms with E-state index in [0.717, 1.165) is 0 Å². The van der Waals surface area contributed by atoms with E-state index in [9.17, 15) is 18.8 Å². The zero-order valence-corrected chi connectivity index (χ0v) is 15.5. The molecule has 2 amide bonds. The summed E-state index contributed by atoms with van der Waals surface area (Å²) in [5.41, 5.74) is 1.55. The van der Waals surface area contributed by atoms with Gasteiger partial charge in [-0.2, -0.15) is 0 Å². The highest BCUT2D eigenvalue weighted by atomic mass is 19.1. The van der Waals surface area contributed by atoms with Crippen molar-refractivity contribution in [2.75, 3.05) is 25.1 Å². The lowest BCUT2D eigenvalue weighted by molar-refractivity contribution is -0.126. The zero-order chi connectivity index (χ0) is 20.1. The first-order chi connectivity index (χ1) is 13.5. The Bertz CT molecular complexity index is 882. The molecule has 1 aliphatic heterocycles. The van der Waals surface area contributed by atoms with Crippen LogP contribution in [0, 0.1) is 11.7 Å². The van der Waals surface area contributed by atoms with Crippen molar-refractivity contribution < 1.29 is 23.5 Å². The molecule has 1 heterocycles. The van der Waals surface area contributed by atoms with E-state index in [1.54, 1.807) is 42.5 Å². The average molecular weight is 384 g/mol. The van der Waals surface area contributed by atoms with Gasteiger partial charge in [0.25, 0.3) is 0 Å². The van der Waals surface area contributed by atoms with Gasteiger partial charge < -0.3 is 15.0 Å². The Hall–Kier alpha value is -3.22. The van der Waals surface area contributed by atoms with Gasteiger partial charge in [-0.3, -0.25) is 9.59 Å². The van der Waals surface area contributed by atoms with Gasteiger partial charge in [0, 0.05) is 25.2 Å². The zero-order valence-electron chi connectivity index (χ0n) is 15.5. The number of nitrogens with zero attached hydrogens (tertiary/aromatic N) is 1. The van der Waals surface area contributed by atoms with Crippen LogP contribution in [0.25, 0.3) is 0 Å². The number of esters is 1. The number of nitrogens with one attached hydrogen (secondary N) is 1.